The number of alkyl halides is 2. The molecule has 0 spiro atoms. The van der Waals surface area contributed by atoms with E-state index in [9.17, 15) is 13.6 Å². The van der Waals surface area contributed by atoms with Gasteiger partial charge in [0.25, 0.3) is 6.43 Å². The average molecular weight is 479 g/mol. The normalized spacial score (nSPS) is 19.0. The van der Waals surface area contributed by atoms with Crippen molar-refractivity contribution in [2.24, 2.45) is 0 Å². The van der Waals surface area contributed by atoms with E-state index < -0.39 is 6.43 Å². The number of rotatable bonds is 3. The first-order valence-corrected chi connectivity index (χ1v) is 11.5. The molecule has 5 nitrogen and oxygen atoms in total. The van der Waals surface area contributed by atoms with Gasteiger partial charge in [-0.2, -0.15) is 0 Å². The Morgan fingerprint density at radius 1 is 1.20 bits per heavy atom. The van der Waals surface area contributed by atoms with Crippen molar-refractivity contribution in [3.8, 4) is 0 Å². The lowest BCUT2D eigenvalue weighted by Gasteiger charge is -2.34. The summed E-state index contributed by atoms with van der Waals surface area (Å²) in [6.07, 6.45) is 2.77. The second-order valence-electron chi connectivity index (χ2n) is 8.52. The zero-order chi connectivity index (χ0) is 21.0. The lowest BCUT2D eigenvalue weighted by molar-refractivity contribution is -0.130. The van der Waals surface area contributed by atoms with Crippen LogP contribution in [-0.4, -0.2) is 33.4 Å². The summed E-state index contributed by atoms with van der Waals surface area (Å²) in [7, 11) is 0. The highest BCUT2D eigenvalue weighted by Gasteiger charge is 2.34. The number of hydrogen-bond acceptors (Lipinski definition) is 3. The molecule has 1 amide bonds. The molecule has 3 heterocycles. The van der Waals surface area contributed by atoms with Crippen molar-refractivity contribution < 1.29 is 13.6 Å². The maximum absolute atomic E-state index is 13.6. The number of aryl methyl sites for hydroxylation is 1. The molecule has 0 radical (unpaired) electrons. The topological polar surface area (TPSA) is 41.4 Å². The number of amides is 1. The molecule has 160 valence electrons. The average Bonchev–Trinajstić information content (AvgIpc) is 3.03. The molecule has 0 bridgehead atoms. The zero-order valence-electron chi connectivity index (χ0n) is 17.0. The summed E-state index contributed by atoms with van der Waals surface area (Å²) in [4.78, 5) is 21.1. The third kappa shape index (κ3) is 3.24. The summed E-state index contributed by atoms with van der Waals surface area (Å²) in [6, 6.07) is 3.45. The van der Waals surface area contributed by atoms with E-state index in [-0.39, 0.29) is 11.5 Å². The van der Waals surface area contributed by atoms with Crippen LogP contribution in [0, 0.1) is 0 Å². The lowest BCUT2D eigenvalue weighted by Crippen LogP contribution is -2.38. The van der Waals surface area contributed by atoms with Gasteiger partial charge >= 0.3 is 0 Å². The molecule has 2 aromatic rings. The fraction of sp³-hybridized carbons (Fsp3) is 0.545. The quantitative estimate of drug-likeness (QED) is 0.601. The molecule has 0 saturated heterocycles. The van der Waals surface area contributed by atoms with Gasteiger partial charge in [-0.3, -0.25) is 4.79 Å². The molecule has 2 aliphatic heterocycles. The number of hydrogen-bond donors (Lipinski definition) is 0. The molecule has 1 saturated carbocycles. The summed E-state index contributed by atoms with van der Waals surface area (Å²) in [5.41, 5.74) is 2.93. The van der Waals surface area contributed by atoms with Gasteiger partial charge in [0, 0.05) is 48.2 Å². The van der Waals surface area contributed by atoms with E-state index in [0.717, 1.165) is 67.4 Å². The predicted molar refractivity (Wildman–Crippen MR) is 114 cm³/mol. The Morgan fingerprint density at radius 3 is 2.67 bits per heavy atom. The molecule has 0 unspecified atom stereocenters. The first kappa shape index (κ1) is 20.0. The first-order valence-electron chi connectivity index (χ1n) is 10.7. The van der Waals surface area contributed by atoms with Crippen LogP contribution in [0.1, 0.15) is 67.6 Å². The molecular weight excluding hydrogens is 454 g/mol. The molecule has 1 aromatic carbocycles. The number of benzene rings is 1. The van der Waals surface area contributed by atoms with Crippen molar-refractivity contribution in [3.63, 3.8) is 0 Å². The van der Waals surface area contributed by atoms with Gasteiger partial charge in [-0.15, -0.1) is 0 Å². The highest BCUT2D eigenvalue weighted by molar-refractivity contribution is 9.10. The minimum atomic E-state index is -2.54. The lowest BCUT2D eigenvalue weighted by atomic mass is 9.85. The van der Waals surface area contributed by atoms with Crippen molar-refractivity contribution in [1.82, 2.24) is 14.5 Å². The highest BCUT2D eigenvalue weighted by atomic mass is 79.9. The number of anilines is 2. The molecule has 1 aromatic heterocycles. The van der Waals surface area contributed by atoms with Gasteiger partial charge in [-0.1, -0.05) is 22.4 Å². The Kier molecular flexibility index (Phi) is 5.08. The van der Waals surface area contributed by atoms with Crippen LogP contribution in [-0.2, 0) is 24.3 Å². The molecule has 5 rings (SSSR count). The number of carbonyl (C=O) groups excluding carboxylic acids is 1. The van der Waals surface area contributed by atoms with Crippen molar-refractivity contribution in [2.75, 3.05) is 18.0 Å². The van der Waals surface area contributed by atoms with Crippen LogP contribution in [0.3, 0.4) is 0 Å². The number of fused-ring (bicyclic) bond motifs is 2. The fourth-order valence-corrected chi connectivity index (χ4v) is 5.41. The van der Waals surface area contributed by atoms with Gasteiger partial charge in [0.05, 0.1) is 12.2 Å². The summed E-state index contributed by atoms with van der Waals surface area (Å²) in [5, 5.41) is 0. The fourth-order valence-electron chi connectivity index (χ4n) is 4.85. The Hall–Kier alpha value is -1.96. The Balaban J connectivity index is 1.62. The monoisotopic (exact) mass is 478 g/mol. The van der Waals surface area contributed by atoms with E-state index >= 15 is 0 Å². The van der Waals surface area contributed by atoms with Crippen LogP contribution in [0.25, 0.3) is 0 Å². The van der Waals surface area contributed by atoms with Crippen LogP contribution in [0.2, 0.25) is 0 Å². The van der Waals surface area contributed by atoms with E-state index in [1.165, 1.54) is 6.42 Å². The Labute approximate surface area is 183 Å². The summed E-state index contributed by atoms with van der Waals surface area (Å²) >= 11 is 3.31. The van der Waals surface area contributed by atoms with Crippen LogP contribution in [0.5, 0.6) is 0 Å². The third-order valence-corrected chi connectivity index (χ3v) is 7.42. The van der Waals surface area contributed by atoms with Gasteiger partial charge in [0.15, 0.2) is 5.82 Å². The molecule has 3 aliphatic rings. The number of carbonyl (C=O) groups is 1. The Morgan fingerprint density at radius 2 is 2.00 bits per heavy atom. The van der Waals surface area contributed by atoms with Gasteiger partial charge in [0.1, 0.15) is 5.82 Å². The van der Waals surface area contributed by atoms with Crippen LogP contribution in [0.15, 0.2) is 16.6 Å². The molecular formula is C22H25BrF2N4O. The van der Waals surface area contributed by atoms with Crippen molar-refractivity contribution in [2.45, 2.75) is 64.5 Å². The van der Waals surface area contributed by atoms with E-state index in [1.807, 2.05) is 11.0 Å². The summed E-state index contributed by atoms with van der Waals surface area (Å²) < 4.78 is 29.9. The standard InChI is InChI=1S/C22H25BrF2N4O/c1-13(30)27-8-9-29-19(12-27)22(26-21(29)14-4-2-5-14)28-7-3-6-15-10-17(23)16(20(24)25)11-18(15)28/h10-11,14,20H,2-9,12H2,1H3. The maximum atomic E-state index is 13.6. The smallest absolute Gasteiger partial charge is 0.265 e. The molecule has 0 atom stereocenters. The largest absolute Gasteiger partial charge is 0.335 e. The van der Waals surface area contributed by atoms with E-state index in [2.05, 4.69) is 25.4 Å². The van der Waals surface area contributed by atoms with E-state index in [4.69, 9.17) is 4.98 Å². The minimum Gasteiger partial charge on any atom is -0.335 e. The molecule has 30 heavy (non-hydrogen) atoms. The summed E-state index contributed by atoms with van der Waals surface area (Å²) in [5.74, 6) is 2.47. The number of halogens is 3. The summed E-state index contributed by atoms with van der Waals surface area (Å²) in [6.45, 7) is 4.30. The molecule has 8 heteroatoms. The highest BCUT2D eigenvalue weighted by Crippen LogP contribution is 2.44. The number of aromatic nitrogens is 2. The van der Waals surface area contributed by atoms with Crippen LogP contribution < -0.4 is 4.90 Å². The minimum absolute atomic E-state index is 0.0123. The third-order valence-electron chi connectivity index (χ3n) is 6.74. The van der Waals surface area contributed by atoms with E-state index in [0.29, 0.717) is 23.5 Å². The molecule has 1 aliphatic carbocycles. The van der Waals surface area contributed by atoms with Crippen molar-refractivity contribution in [1.29, 1.82) is 0 Å². The first-order chi connectivity index (χ1) is 14.4. The second kappa shape index (κ2) is 7.62. The Bertz CT molecular complexity index is 1000. The number of nitrogens with zero attached hydrogens (tertiary/aromatic N) is 4. The van der Waals surface area contributed by atoms with Gasteiger partial charge in [-0.25, -0.2) is 13.8 Å². The maximum Gasteiger partial charge on any atom is 0.265 e. The van der Waals surface area contributed by atoms with Crippen LogP contribution in [0.4, 0.5) is 20.3 Å². The predicted octanol–water partition coefficient (Wildman–Crippen LogP) is 5.30. The zero-order valence-corrected chi connectivity index (χ0v) is 18.6. The van der Waals surface area contributed by atoms with E-state index in [1.54, 1.807) is 13.0 Å². The molecule has 0 N–H and O–H groups in total. The van der Waals surface area contributed by atoms with Gasteiger partial charge in [0.2, 0.25) is 5.91 Å². The molecule has 1 fully saturated rings. The van der Waals surface area contributed by atoms with Crippen LogP contribution >= 0.6 is 15.9 Å². The van der Waals surface area contributed by atoms with Gasteiger partial charge < -0.3 is 14.4 Å². The SMILES string of the molecule is CC(=O)N1CCn2c(C3CCC3)nc(N3CCCc4cc(Br)c(C(F)F)cc43)c2C1. The van der Waals surface area contributed by atoms with Crippen molar-refractivity contribution in [3.05, 3.63) is 39.3 Å². The van der Waals surface area contributed by atoms with Crippen molar-refractivity contribution >= 4 is 33.3 Å². The van der Waals surface area contributed by atoms with Gasteiger partial charge in [-0.05, 0) is 43.4 Å². The number of imidazole rings is 1. The second-order valence-corrected chi connectivity index (χ2v) is 9.37.